The van der Waals surface area contributed by atoms with E-state index in [1.54, 1.807) is 0 Å². The molecule has 2 N–H and O–H groups in total. The molecule has 0 radical (unpaired) electrons. The third-order valence-corrected chi connectivity index (χ3v) is 0.781. The molecule has 0 fully saturated rings. The zero-order chi connectivity index (χ0) is 9.49. The molecule has 4 nitrogen and oxygen atoms in total. The SMILES string of the molecule is O=S(=O)(O)O.[CH2-]CCC(C)C.[Na+]. The summed E-state index contributed by atoms with van der Waals surface area (Å²) >= 11 is 0. The number of hydrogen-bond donors (Lipinski definition) is 2. The van der Waals surface area contributed by atoms with E-state index >= 15 is 0 Å². The summed E-state index contributed by atoms with van der Waals surface area (Å²) in [5, 5.41) is 0. The van der Waals surface area contributed by atoms with Gasteiger partial charge in [0.2, 0.25) is 0 Å². The number of rotatable bonds is 2. The Morgan fingerprint density at radius 1 is 1.33 bits per heavy atom. The molecule has 0 aromatic carbocycles. The van der Waals surface area contributed by atoms with E-state index in [4.69, 9.17) is 17.5 Å². The molecule has 0 amide bonds. The van der Waals surface area contributed by atoms with E-state index in [9.17, 15) is 0 Å². The van der Waals surface area contributed by atoms with Crippen LogP contribution in [0.3, 0.4) is 0 Å². The van der Waals surface area contributed by atoms with Crippen LogP contribution in [0, 0.1) is 12.8 Å². The molecule has 0 aliphatic carbocycles. The Labute approximate surface area is 96.6 Å². The molecule has 0 unspecified atom stereocenters. The van der Waals surface area contributed by atoms with E-state index in [1.165, 1.54) is 6.42 Å². The first-order chi connectivity index (χ1) is 4.77. The average Bonchev–Trinajstić information content (AvgIpc) is 1.58. The van der Waals surface area contributed by atoms with Gasteiger partial charge in [0.1, 0.15) is 0 Å². The van der Waals surface area contributed by atoms with Crippen LogP contribution in [0.5, 0.6) is 0 Å². The van der Waals surface area contributed by atoms with E-state index in [0.29, 0.717) is 0 Å². The molecule has 12 heavy (non-hydrogen) atoms. The summed E-state index contributed by atoms with van der Waals surface area (Å²) in [5.41, 5.74) is 0. The summed E-state index contributed by atoms with van der Waals surface area (Å²) in [6, 6.07) is 0. The maximum atomic E-state index is 8.74. The molecular formula is C6H15NaO4S. The van der Waals surface area contributed by atoms with Crippen molar-refractivity contribution in [1.82, 2.24) is 0 Å². The van der Waals surface area contributed by atoms with Crippen LogP contribution in [0.15, 0.2) is 0 Å². The van der Waals surface area contributed by atoms with Gasteiger partial charge in [-0.15, -0.1) is 0 Å². The van der Waals surface area contributed by atoms with Crippen molar-refractivity contribution in [3.05, 3.63) is 6.92 Å². The molecule has 0 saturated heterocycles. The van der Waals surface area contributed by atoms with Gasteiger partial charge in [0, 0.05) is 0 Å². The molecule has 0 atom stereocenters. The van der Waals surface area contributed by atoms with Crippen LogP contribution < -0.4 is 29.6 Å². The van der Waals surface area contributed by atoms with E-state index < -0.39 is 10.4 Å². The van der Waals surface area contributed by atoms with Crippen molar-refractivity contribution in [2.75, 3.05) is 0 Å². The van der Waals surface area contributed by atoms with Gasteiger partial charge >= 0.3 is 40.0 Å². The first kappa shape index (κ1) is 18.6. The van der Waals surface area contributed by atoms with Crippen molar-refractivity contribution in [3.63, 3.8) is 0 Å². The van der Waals surface area contributed by atoms with Gasteiger partial charge in [-0.05, 0) is 5.92 Å². The Morgan fingerprint density at radius 3 is 1.58 bits per heavy atom. The Morgan fingerprint density at radius 2 is 1.58 bits per heavy atom. The van der Waals surface area contributed by atoms with Crippen LogP contribution in [0.25, 0.3) is 0 Å². The Hall–Kier alpha value is 0.870. The minimum Gasteiger partial charge on any atom is -0.343 e. The first-order valence-corrected chi connectivity index (χ1v) is 4.66. The summed E-state index contributed by atoms with van der Waals surface area (Å²) in [6.07, 6.45) is 2.34. The van der Waals surface area contributed by atoms with Gasteiger partial charge in [-0.1, -0.05) is 20.3 Å². The summed E-state index contributed by atoms with van der Waals surface area (Å²) in [5.74, 6) is 0.836. The minimum absolute atomic E-state index is 0. The van der Waals surface area contributed by atoms with Crippen molar-refractivity contribution >= 4 is 10.4 Å². The van der Waals surface area contributed by atoms with Gasteiger partial charge in [-0.2, -0.15) is 14.8 Å². The van der Waals surface area contributed by atoms with E-state index in [1.807, 2.05) is 0 Å². The van der Waals surface area contributed by atoms with Crippen LogP contribution in [-0.4, -0.2) is 17.5 Å². The van der Waals surface area contributed by atoms with Gasteiger partial charge in [0.05, 0.1) is 0 Å². The second-order valence-corrected chi connectivity index (χ2v) is 3.38. The molecule has 0 aromatic rings. The normalized spacial score (nSPS) is 9.83. The molecule has 0 rings (SSSR count). The van der Waals surface area contributed by atoms with Crippen molar-refractivity contribution in [2.24, 2.45) is 5.92 Å². The minimum atomic E-state index is -4.67. The fraction of sp³-hybridized carbons (Fsp3) is 0.833. The van der Waals surface area contributed by atoms with Crippen molar-refractivity contribution in [3.8, 4) is 0 Å². The van der Waals surface area contributed by atoms with Crippen molar-refractivity contribution < 1.29 is 47.1 Å². The summed E-state index contributed by atoms with van der Waals surface area (Å²) in [4.78, 5) is 0. The quantitative estimate of drug-likeness (QED) is 0.331. The maximum Gasteiger partial charge on any atom is 1.00 e. The molecule has 0 aliphatic rings. The Bertz CT molecular complexity index is 156. The van der Waals surface area contributed by atoms with Gasteiger partial charge in [-0.3, -0.25) is 9.11 Å². The summed E-state index contributed by atoms with van der Waals surface area (Å²) < 4.78 is 31.6. The Kier molecular flexibility index (Phi) is 15.4. The Balaban J connectivity index is -0.000000126. The number of hydrogen-bond acceptors (Lipinski definition) is 2. The van der Waals surface area contributed by atoms with Gasteiger partial charge in [-0.25, -0.2) is 0 Å². The second kappa shape index (κ2) is 9.95. The molecular weight excluding hydrogens is 191 g/mol. The predicted molar refractivity (Wildman–Crippen MR) is 43.6 cm³/mol. The largest absolute Gasteiger partial charge is 1.00 e. The standard InChI is InChI=1S/C6H13.Na.H2O4S/c1-4-5-6(2)3;;1-5(2,3)4/h6H,1,4-5H2,2-3H3;;(H2,1,2,3,4)/q-1;+1;. The van der Waals surface area contributed by atoms with Gasteiger partial charge in [0.15, 0.2) is 0 Å². The molecule has 0 saturated carbocycles. The third-order valence-electron chi connectivity index (χ3n) is 0.781. The topological polar surface area (TPSA) is 74.6 Å². The molecule has 0 aliphatic heterocycles. The summed E-state index contributed by atoms with van der Waals surface area (Å²) in [7, 11) is -4.67. The first-order valence-electron chi connectivity index (χ1n) is 3.26. The van der Waals surface area contributed by atoms with Crippen molar-refractivity contribution in [2.45, 2.75) is 26.7 Å². The van der Waals surface area contributed by atoms with Crippen LogP contribution >= 0.6 is 0 Å². The van der Waals surface area contributed by atoms with Gasteiger partial charge < -0.3 is 6.92 Å². The molecule has 0 heterocycles. The molecule has 0 spiro atoms. The summed E-state index contributed by atoms with van der Waals surface area (Å²) in [6.45, 7) is 8.15. The molecule has 0 bridgehead atoms. The fourth-order valence-corrected chi connectivity index (χ4v) is 0.408. The van der Waals surface area contributed by atoms with Crippen LogP contribution in [0.4, 0.5) is 0 Å². The zero-order valence-corrected chi connectivity index (χ0v) is 10.6. The predicted octanol–water partition coefficient (Wildman–Crippen LogP) is -1.39. The van der Waals surface area contributed by atoms with Crippen LogP contribution in [0.2, 0.25) is 0 Å². The third kappa shape index (κ3) is 70.7. The fourth-order valence-electron chi connectivity index (χ4n) is 0.408. The zero-order valence-electron chi connectivity index (χ0n) is 7.82. The monoisotopic (exact) mass is 206 g/mol. The average molecular weight is 206 g/mol. The van der Waals surface area contributed by atoms with Gasteiger partial charge in [0.25, 0.3) is 0 Å². The van der Waals surface area contributed by atoms with Crippen LogP contribution in [-0.2, 0) is 10.4 Å². The van der Waals surface area contributed by atoms with E-state index in [-0.39, 0.29) is 29.6 Å². The van der Waals surface area contributed by atoms with E-state index in [0.717, 1.165) is 12.3 Å². The maximum absolute atomic E-state index is 8.74. The smallest absolute Gasteiger partial charge is 0.343 e. The second-order valence-electron chi connectivity index (χ2n) is 2.48. The molecule has 70 valence electrons. The van der Waals surface area contributed by atoms with E-state index in [2.05, 4.69) is 20.8 Å². The molecule has 6 heteroatoms. The molecule has 0 aromatic heterocycles. The van der Waals surface area contributed by atoms with Crippen LogP contribution in [0.1, 0.15) is 26.7 Å². The van der Waals surface area contributed by atoms with Crippen molar-refractivity contribution in [1.29, 1.82) is 0 Å².